The fourth-order valence-corrected chi connectivity index (χ4v) is 2.33. The first-order chi connectivity index (χ1) is 11.3. The quantitative estimate of drug-likeness (QED) is 0.342. The van der Waals surface area contributed by atoms with Crippen molar-refractivity contribution in [2.45, 2.75) is 26.8 Å². The van der Waals surface area contributed by atoms with Gasteiger partial charge in [0.25, 0.3) is 0 Å². The van der Waals surface area contributed by atoms with Crippen molar-refractivity contribution in [1.29, 1.82) is 5.26 Å². The van der Waals surface area contributed by atoms with Gasteiger partial charge in [-0.1, -0.05) is 32.0 Å². The lowest BCUT2D eigenvalue weighted by molar-refractivity contribution is -0.137. The minimum atomic E-state index is -0.634. The summed E-state index contributed by atoms with van der Waals surface area (Å²) in [7, 11) is 2.72. The van der Waals surface area contributed by atoms with Crippen LogP contribution < -0.4 is 4.90 Å². The number of ether oxygens (including phenoxy) is 1. The minimum absolute atomic E-state index is 0.0499. The molecule has 24 heavy (non-hydrogen) atoms. The van der Waals surface area contributed by atoms with Crippen LogP contribution in [0.4, 0.5) is 5.69 Å². The molecular formula is C18H24N2O3Si. The van der Waals surface area contributed by atoms with Crippen molar-refractivity contribution >= 4 is 33.9 Å². The van der Waals surface area contributed by atoms with Crippen LogP contribution in [0, 0.1) is 16.7 Å². The van der Waals surface area contributed by atoms with E-state index >= 15 is 0 Å². The Morgan fingerprint density at radius 1 is 1.33 bits per heavy atom. The Morgan fingerprint density at radius 2 is 1.92 bits per heavy atom. The lowest BCUT2D eigenvalue weighted by atomic mass is 9.94. The van der Waals surface area contributed by atoms with E-state index in [1.54, 1.807) is 43.1 Å². The Kier molecular flexibility index (Phi) is 6.92. The monoisotopic (exact) mass is 344 g/mol. The second-order valence-electron chi connectivity index (χ2n) is 6.08. The Bertz CT molecular complexity index is 672. The Hall–Kier alpha value is -2.39. The molecule has 0 aliphatic carbocycles. The molecule has 0 aliphatic heterocycles. The standard InChI is InChI=1S/C18H24N2O3Si/c1-5-23-16(21)14(11-19)10-13-6-8-15(9-7-13)20(4)17(22)18(2,3)12-24/h6-10H,5,12H2,1-4,24H3. The fourth-order valence-electron chi connectivity index (χ4n) is 2.03. The number of benzene rings is 1. The van der Waals surface area contributed by atoms with Gasteiger partial charge >= 0.3 is 5.97 Å². The number of hydrogen-bond acceptors (Lipinski definition) is 4. The maximum Gasteiger partial charge on any atom is 0.348 e. The summed E-state index contributed by atoms with van der Waals surface area (Å²) in [5, 5.41) is 9.05. The van der Waals surface area contributed by atoms with Crippen molar-refractivity contribution < 1.29 is 14.3 Å². The molecular weight excluding hydrogens is 320 g/mol. The first kappa shape index (κ1) is 19.7. The molecule has 6 heteroatoms. The summed E-state index contributed by atoms with van der Waals surface area (Å²) in [6.07, 6.45) is 1.48. The van der Waals surface area contributed by atoms with Crippen molar-refractivity contribution in [2.24, 2.45) is 5.41 Å². The number of amides is 1. The van der Waals surface area contributed by atoms with Crippen molar-refractivity contribution in [3.8, 4) is 6.07 Å². The molecule has 0 saturated heterocycles. The van der Waals surface area contributed by atoms with Gasteiger partial charge in [-0.05, 0) is 30.7 Å². The number of nitriles is 1. The highest BCUT2D eigenvalue weighted by Gasteiger charge is 2.28. The van der Waals surface area contributed by atoms with Crippen LogP contribution >= 0.6 is 0 Å². The zero-order chi connectivity index (χ0) is 18.3. The van der Waals surface area contributed by atoms with Crippen molar-refractivity contribution in [3.63, 3.8) is 0 Å². The van der Waals surface area contributed by atoms with Crippen LogP contribution in [-0.4, -0.2) is 35.8 Å². The van der Waals surface area contributed by atoms with E-state index in [0.717, 1.165) is 22.0 Å². The molecule has 0 N–H and O–H groups in total. The molecule has 1 aromatic rings. The summed E-state index contributed by atoms with van der Waals surface area (Å²) in [5.74, 6) is -0.560. The maximum absolute atomic E-state index is 12.5. The normalized spacial score (nSPS) is 11.7. The zero-order valence-electron chi connectivity index (χ0n) is 14.9. The van der Waals surface area contributed by atoms with Gasteiger partial charge in [0.05, 0.1) is 6.61 Å². The highest BCUT2D eigenvalue weighted by atomic mass is 28.1. The average Bonchev–Trinajstić information content (AvgIpc) is 2.58. The molecule has 0 fully saturated rings. The van der Waals surface area contributed by atoms with Gasteiger partial charge in [0.1, 0.15) is 11.6 Å². The fraction of sp³-hybridized carbons (Fsp3) is 0.389. The Balaban J connectivity index is 2.99. The summed E-state index contributed by atoms with van der Waals surface area (Å²) in [6.45, 7) is 5.82. The number of rotatable bonds is 6. The Labute approximate surface area is 146 Å². The lowest BCUT2D eigenvalue weighted by Crippen LogP contribution is -2.38. The summed E-state index contributed by atoms with van der Waals surface area (Å²) in [5.41, 5.74) is 1.06. The van der Waals surface area contributed by atoms with Gasteiger partial charge in [-0.3, -0.25) is 4.79 Å². The molecule has 0 bridgehead atoms. The summed E-state index contributed by atoms with van der Waals surface area (Å²) < 4.78 is 4.83. The molecule has 0 heterocycles. The maximum atomic E-state index is 12.5. The molecule has 0 saturated carbocycles. The van der Waals surface area contributed by atoms with Crippen LogP contribution in [-0.2, 0) is 14.3 Å². The number of carbonyl (C=O) groups is 2. The first-order valence-electron chi connectivity index (χ1n) is 7.94. The molecule has 128 valence electrons. The molecule has 0 spiro atoms. The van der Waals surface area contributed by atoms with Crippen LogP contribution in [0.5, 0.6) is 0 Å². The molecule has 0 radical (unpaired) electrons. The summed E-state index contributed by atoms with van der Waals surface area (Å²) in [4.78, 5) is 25.8. The number of carbonyl (C=O) groups excluding carboxylic acids is 2. The van der Waals surface area contributed by atoms with Crippen LogP contribution in [0.3, 0.4) is 0 Å². The van der Waals surface area contributed by atoms with E-state index in [-0.39, 0.29) is 23.5 Å². The van der Waals surface area contributed by atoms with Crippen molar-refractivity contribution in [1.82, 2.24) is 0 Å². The molecule has 0 aliphatic rings. The second kappa shape index (κ2) is 8.46. The van der Waals surface area contributed by atoms with Gasteiger partial charge < -0.3 is 9.64 Å². The number of hydrogen-bond donors (Lipinski definition) is 0. The zero-order valence-corrected chi connectivity index (χ0v) is 16.9. The predicted octanol–water partition coefficient (Wildman–Crippen LogP) is 1.93. The van der Waals surface area contributed by atoms with Gasteiger partial charge in [0, 0.05) is 28.4 Å². The molecule has 0 atom stereocenters. The summed E-state index contributed by atoms with van der Waals surface area (Å²) >= 11 is 0. The molecule has 0 unspecified atom stereocenters. The largest absolute Gasteiger partial charge is 0.462 e. The molecule has 5 nitrogen and oxygen atoms in total. The molecule has 0 aromatic heterocycles. The van der Waals surface area contributed by atoms with Gasteiger partial charge in [-0.25, -0.2) is 4.79 Å². The van der Waals surface area contributed by atoms with Crippen LogP contribution in [0.2, 0.25) is 6.04 Å². The summed E-state index contributed by atoms with van der Waals surface area (Å²) in [6, 6.07) is 9.87. The molecule has 1 aromatic carbocycles. The third kappa shape index (κ3) is 4.80. The van der Waals surface area contributed by atoms with E-state index < -0.39 is 5.97 Å². The van der Waals surface area contributed by atoms with E-state index in [4.69, 9.17) is 10.00 Å². The first-order valence-corrected chi connectivity index (χ1v) is 9.35. The van der Waals surface area contributed by atoms with E-state index in [9.17, 15) is 9.59 Å². The average molecular weight is 344 g/mol. The highest BCUT2D eigenvalue weighted by molar-refractivity contribution is 6.12. The highest BCUT2D eigenvalue weighted by Crippen LogP contribution is 2.26. The van der Waals surface area contributed by atoms with Crippen LogP contribution in [0.1, 0.15) is 26.3 Å². The Morgan fingerprint density at radius 3 is 2.38 bits per heavy atom. The van der Waals surface area contributed by atoms with Crippen molar-refractivity contribution in [3.05, 3.63) is 35.4 Å². The third-order valence-electron chi connectivity index (χ3n) is 3.97. The topological polar surface area (TPSA) is 70.4 Å². The van der Waals surface area contributed by atoms with E-state index in [2.05, 4.69) is 0 Å². The lowest BCUT2D eigenvalue weighted by Gasteiger charge is -2.28. The van der Waals surface area contributed by atoms with Gasteiger partial charge in [-0.15, -0.1) is 0 Å². The smallest absolute Gasteiger partial charge is 0.348 e. The third-order valence-corrected chi connectivity index (χ3v) is 5.74. The number of anilines is 1. The molecule has 1 rings (SSSR count). The van der Waals surface area contributed by atoms with Crippen molar-refractivity contribution in [2.75, 3.05) is 18.6 Å². The predicted molar refractivity (Wildman–Crippen MR) is 98.6 cm³/mol. The van der Waals surface area contributed by atoms with Gasteiger partial charge in [-0.2, -0.15) is 5.26 Å². The van der Waals surface area contributed by atoms with Gasteiger partial charge in [0.15, 0.2) is 0 Å². The SMILES string of the molecule is CCOC(=O)C(C#N)=Cc1ccc(N(C)C(=O)C(C)(C)C[SiH3])cc1. The van der Waals surface area contributed by atoms with E-state index in [1.165, 1.54) is 6.08 Å². The van der Waals surface area contributed by atoms with E-state index in [0.29, 0.717) is 5.56 Å². The van der Waals surface area contributed by atoms with Crippen LogP contribution in [0.25, 0.3) is 6.08 Å². The number of nitrogens with zero attached hydrogens (tertiary/aromatic N) is 2. The second-order valence-corrected chi connectivity index (χ2v) is 6.79. The number of esters is 1. The van der Waals surface area contributed by atoms with Crippen LogP contribution in [0.15, 0.2) is 29.8 Å². The van der Waals surface area contributed by atoms with Gasteiger partial charge in [0.2, 0.25) is 5.91 Å². The minimum Gasteiger partial charge on any atom is -0.462 e. The van der Waals surface area contributed by atoms with E-state index in [1.807, 2.05) is 19.9 Å². The molecule has 1 amide bonds.